The van der Waals surface area contributed by atoms with E-state index in [9.17, 15) is 8.42 Å². The summed E-state index contributed by atoms with van der Waals surface area (Å²) in [6.07, 6.45) is 0.657. The SMILES string of the molecule is Cc1cc(C)cc(-c2nn(CN(CC(C)C)[C@@H]3CCS(=O)(=O)C3)c(=S)o2)c1. The van der Waals surface area contributed by atoms with Gasteiger partial charge in [-0.3, -0.25) is 4.90 Å². The molecule has 2 aromatic rings. The van der Waals surface area contributed by atoms with E-state index >= 15 is 0 Å². The van der Waals surface area contributed by atoms with Gasteiger partial charge in [0.1, 0.15) is 0 Å². The molecule has 0 aliphatic carbocycles. The van der Waals surface area contributed by atoms with Gasteiger partial charge < -0.3 is 4.42 Å². The third kappa shape index (κ3) is 5.06. The van der Waals surface area contributed by atoms with Crippen LogP contribution in [0.5, 0.6) is 0 Å². The lowest BCUT2D eigenvalue weighted by molar-refractivity contribution is 0.136. The van der Waals surface area contributed by atoms with Crippen molar-refractivity contribution in [3.05, 3.63) is 34.2 Å². The first-order valence-corrected chi connectivity index (χ1v) is 11.5. The molecule has 0 saturated carbocycles. The van der Waals surface area contributed by atoms with Crippen molar-refractivity contribution in [1.82, 2.24) is 14.7 Å². The molecule has 3 rings (SSSR count). The van der Waals surface area contributed by atoms with Gasteiger partial charge in [-0.1, -0.05) is 31.0 Å². The largest absolute Gasteiger partial charge is 0.409 e. The minimum Gasteiger partial charge on any atom is -0.409 e. The lowest BCUT2D eigenvalue weighted by atomic mass is 10.1. The molecule has 0 N–H and O–H groups in total. The highest BCUT2D eigenvalue weighted by Crippen LogP contribution is 2.23. The minimum absolute atomic E-state index is 0.000615. The van der Waals surface area contributed by atoms with Gasteiger partial charge in [-0.25, -0.2) is 13.1 Å². The molecule has 2 heterocycles. The minimum atomic E-state index is -2.95. The Hall–Kier alpha value is -1.51. The number of aromatic nitrogens is 2. The zero-order valence-corrected chi connectivity index (χ0v) is 17.9. The molecule has 148 valence electrons. The summed E-state index contributed by atoms with van der Waals surface area (Å²) in [4.78, 5) is 2.47. The third-order valence-corrected chi connectivity index (χ3v) is 6.76. The lowest BCUT2D eigenvalue weighted by Crippen LogP contribution is -2.40. The van der Waals surface area contributed by atoms with Crippen molar-refractivity contribution in [2.75, 3.05) is 18.1 Å². The van der Waals surface area contributed by atoms with Crippen LogP contribution in [0.15, 0.2) is 22.6 Å². The molecule has 1 aliphatic heterocycles. The number of benzene rings is 1. The molecular formula is C19H27N3O3S2. The monoisotopic (exact) mass is 409 g/mol. The Labute approximate surface area is 166 Å². The predicted octanol–water partition coefficient (Wildman–Crippen LogP) is 3.59. The molecule has 0 unspecified atom stereocenters. The topological polar surface area (TPSA) is 68.3 Å². The average molecular weight is 410 g/mol. The molecule has 0 amide bonds. The zero-order valence-electron chi connectivity index (χ0n) is 16.3. The van der Waals surface area contributed by atoms with Crippen LogP contribution in [0, 0.1) is 24.6 Å². The van der Waals surface area contributed by atoms with Crippen LogP contribution in [0.2, 0.25) is 0 Å². The van der Waals surface area contributed by atoms with Crippen molar-refractivity contribution in [3.63, 3.8) is 0 Å². The van der Waals surface area contributed by atoms with Crippen LogP contribution < -0.4 is 0 Å². The van der Waals surface area contributed by atoms with E-state index in [0.29, 0.717) is 29.7 Å². The number of nitrogens with zero attached hydrogens (tertiary/aromatic N) is 3. The lowest BCUT2D eigenvalue weighted by Gasteiger charge is -2.29. The van der Waals surface area contributed by atoms with Gasteiger partial charge in [0.25, 0.3) is 4.84 Å². The fourth-order valence-corrected chi connectivity index (χ4v) is 5.58. The smallest absolute Gasteiger partial charge is 0.288 e. The molecule has 1 aromatic heterocycles. The maximum absolute atomic E-state index is 11.9. The summed E-state index contributed by atoms with van der Waals surface area (Å²) in [7, 11) is -2.95. The maximum Gasteiger partial charge on any atom is 0.288 e. The number of aryl methyl sites for hydroxylation is 2. The quantitative estimate of drug-likeness (QED) is 0.679. The van der Waals surface area contributed by atoms with Gasteiger partial charge in [-0.15, -0.1) is 5.10 Å². The van der Waals surface area contributed by atoms with Crippen LogP contribution in [0.4, 0.5) is 0 Å². The van der Waals surface area contributed by atoms with E-state index in [1.165, 1.54) is 0 Å². The van der Waals surface area contributed by atoms with E-state index in [2.05, 4.69) is 29.9 Å². The van der Waals surface area contributed by atoms with Gasteiger partial charge in [0, 0.05) is 18.2 Å². The zero-order chi connectivity index (χ0) is 19.8. The van der Waals surface area contributed by atoms with Crippen LogP contribution in [0.25, 0.3) is 11.5 Å². The molecule has 1 aliphatic rings. The van der Waals surface area contributed by atoms with Crippen molar-refractivity contribution in [1.29, 1.82) is 0 Å². The highest BCUT2D eigenvalue weighted by Gasteiger charge is 2.33. The molecule has 1 fully saturated rings. The third-order valence-electron chi connectivity index (χ3n) is 4.71. The summed E-state index contributed by atoms with van der Waals surface area (Å²) < 4.78 is 31.2. The summed E-state index contributed by atoms with van der Waals surface area (Å²) >= 11 is 5.38. The van der Waals surface area contributed by atoms with E-state index in [-0.39, 0.29) is 17.5 Å². The first kappa shape index (κ1) is 20.2. The Morgan fingerprint density at radius 1 is 1.30 bits per heavy atom. The second kappa shape index (κ2) is 7.85. The van der Waals surface area contributed by atoms with Crippen molar-refractivity contribution < 1.29 is 12.8 Å². The predicted molar refractivity (Wildman–Crippen MR) is 109 cm³/mol. The Bertz CT molecular complexity index is 956. The molecule has 0 radical (unpaired) electrons. The molecule has 0 bridgehead atoms. The molecule has 0 spiro atoms. The van der Waals surface area contributed by atoms with Gasteiger partial charge in [-0.05, 0) is 50.5 Å². The number of rotatable bonds is 6. The van der Waals surface area contributed by atoms with Crippen LogP contribution in [0.3, 0.4) is 0 Å². The van der Waals surface area contributed by atoms with Crippen LogP contribution >= 0.6 is 12.2 Å². The van der Waals surface area contributed by atoms with E-state index in [1.54, 1.807) is 4.68 Å². The molecular weight excluding hydrogens is 382 g/mol. The van der Waals surface area contributed by atoms with Gasteiger partial charge >= 0.3 is 0 Å². The molecule has 1 atom stereocenters. The second-order valence-electron chi connectivity index (χ2n) is 7.91. The number of hydrogen-bond acceptors (Lipinski definition) is 6. The highest BCUT2D eigenvalue weighted by atomic mass is 32.2. The van der Waals surface area contributed by atoms with E-state index in [1.807, 2.05) is 26.0 Å². The molecule has 6 nitrogen and oxygen atoms in total. The van der Waals surface area contributed by atoms with Gasteiger partial charge in [0.15, 0.2) is 9.84 Å². The number of sulfone groups is 1. The fourth-order valence-electron chi connectivity index (χ4n) is 3.64. The summed E-state index contributed by atoms with van der Waals surface area (Å²) in [5.41, 5.74) is 3.17. The maximum atomic E-state index is 11.9. The Morgan fingerprint density at radius 2 is 1.96 bits per heavy atom. The highest BCUT2D eigenvalue weighted by molar-refractivity contribution is 7.91. The second-order valence-corrected chi connectivity index (χ2v) is 10.5. The van der Waals surface area contributed by atoms with Crippen molar-refractivity contribution in [2.24, 2.45) is 5.92 Å². The fraction of sp³-hybridized carbons (Fsp3) is 0.579. The van der Waals surface area contributed by atoms with Crippen LogP contribution in [0.1, 0.15) is 31.4 Å². The van der Waals surface area contributed by atoms with Crippen molar-refractivity contribution in [3.8, 4) is 11.5 Å². The van der Waals surface area contributed by atoms with Gasteiger partial charge in [-0.2, -0.15) is 0 Å². The summed E-state index contributed by atoms with van der Waals surface area (Å²) in [5, 5.41) is 4.57. The first-order chi connectivity index (χ1) is 12.6. The van der Waals surface area contributed by atoms with Gasteiger partial charge in [0.2, 0.25) is 5.89 Å². The normalized spacial score (nSPS) is 19.3. The van der Waals surface area contributed by atoms with E-state index < -0.39 is 9.84 Å². The first-order valence-electron chi connectivity index (χ1n) is 9.24. The van der Waals surface area contributed by atoms with Crippen molar-refractivity contribution in [2.45, 2.75) is 46.8 Å². The molecule has 1 aromatic carbocycles. The van der Waals surface area contributed by atoms with E-state index in [0.717, 1.165) is 23.2 Å². The van der Waals surface area contributed by atoms with E-state index in [4.69, 9.17) is 16.6 Å². The average Bonchev–Trinajstić information content (AvgIpc) is 3.08. The van der Waals surface area contributed by atoms with Crippen molar-refractivity contribution >= 4 is 22.1 Å². The molecule has 1 saturated heterocycles. The Balaban J connectivity index is 1.86. The van der Waals surface area contributed by atoms with Crippen LogP contribution in [-0.2, 0) is 16.5 Å². The summed E-state index contributed by atoms with van der Waals surface area (Å²) in [6.45, 7) is 9.54. The molecule has 8 heteroatoms. The summed E-state index contributed by atoms with van der Waals surface area (Å²) in [5.74, 6) is 1.36. The number of hydrogen-bond donors (Lipinski definition) is 0. The van der Waals surface area contributed by atoms with Crippen LogP contribution in [-0.4, -0.2) is 47.2 Å². The van der Waals surface area contributed by atoms with Gasteiger partial charge in [0.05, 0.1) is 18.2 Å². The Morgan fingerprint density at radius 3 is 2.52 bits per heavy atom. The standard InChI is InChI=1S/C19H27N3O3S2/c1-13(2)10-21(17-5-6-27(23,24)11-17)12-22-19(26)25-18(20-22)16-8-14(3)7-15(4)9-16/h7-9,13,17H,5-6,10-12H2,1-4H3/t17-/m1/s1. The molecule has 27 heavy (non-hydrogen) atoms. The Kier molecular flexibility index (Phi) is 5.88. The summed E-state index contributed by atoms with van der Waals surface area (Å²) in [6, 6.07) is 6.14.